The van der Waals surface area contributed by atoms with E-state index in [1.54, 1.807) is 27.7 Å². The van der Waals surface area contributed by atoms with Crippen molar-refractivity contribution in [3.63, 3.8) is 0 Å². The largest absolute Gasteiger partial charge is 0.466 e. The minimum atomic E-state index is -0.416. The van der Waals surface area contributed by atoms with Crippen molar-refractivity contribution in [1.82, 2.24) is 0 Å². The first-order valence-electron chi connectivity index (χ1n) is 14.9. The Morgan fingerprint density at radius 2 is 1.24 bits per heavy atom. The van der Waals surface area contributed by atoms with Crippen LogP contribution in [0.3, 0.4) is 0 Å². The molecule has 0 radical (unpaired) electrons. The van der Waals surface area contributed by atoms with E-state index in [9.17, 15) is 19.2 Å². The van der Waals surface area contributed by atoms with Gasteiger partial charge in [-0.15, -0.1) is 0 Å². The number of rotatable bonds is 14. The van der Waals surface area contributed by atoms with E-state index in [0.717, 1.165) is 25.2 Å². The summed E-state index contributed by atoms with van der Waals surface area (Å²) in [7, 11) is 0. The Hall–Kier alpha value is -1.72. The molecule has 6 nitrogen and oxygen atoms in total. The molecular formula is C31H52O6. The van der Waals surface area contributed by atoms with Crippen LogP contribution in [0.4, 0.5) is 0 Å². The summed E-state index contributed by atoms with van der Waals surface area (Å²) >= 11 is 0. The van der Waals surface area contributed by atoms with E-state index in [1.807, 2.05) is 0 Å². The molecule has 0 bridgehead atoms. The topological polar surface area (TPSA) is 86.7 Å². The minimum absolute atomic E-state index is 0.108. The minimum Gasteiger partial charge on any atom is -0.466 e. The van der Waals surface area contributed by atoms with E-state index in [4.69, 9.17) is 9.47 Å². The Morgan fingerprint density at radius 1 is 0.730 bits per heavy atom. The van der Waals surface area contributed by atoms with Crippen LogP contribution in [-0.2, 0) is 28.7 Å². The Labute approximate surface area is 225 Å². The lowest BCUT2D eigenvalue weighted by Gasteiger charge is -2.40. The third kappa shape index (κ3) is 10.5. The van der Waals surface area contributed by atoms with Crippen LogP contribution in [0.25, 0.3) is 0 Å². The molecule has 0 aromatic rings. The summed E-state index contributed by atoms with van der Waals surface area (Å²) in [6.45, 7) is 12.1. The molecule has 2 fully saturated rings. The van der Waals surface area contributed by atoms with Gasteiger partial charge >= 0.3 is 11.9 Å². The number of carbonyl (C=O) groups excluding carboxylic acids is 4. The average molecular weight is 521 g/mol. The van der Waals surface area contributed by atoms with Crippen LogP contribution in [0, 0.1) is 47.3 Å². The summed E-state index contributed by atoms with van der Waals surface area (Å²) < 4.78 is 10.4. The van der Waals surface area contributed by atoms with E-state index in [-0.39, 0.29) is 35.8 Å². The fourth-order valence-corrected chi connectivity index (χ4v) is 7.16. The van der Waals surface area contributed by atoms with Gasteiger partial charge in [0.15, 0.2) is 0 Å². The molecule has 0 saturated heterocycles. The summed E-state index contributed by atoms with van der Waals surface area (Å²) in [4.78, 5) is 48.3. The van der Waals surface area contributed by atoms with Crippen LogP contribution in [0.1, 0.15) is 112 Å². The van der Waals surface area contributed by atoms with Gasteiger partial charge in [-0.3, -0.25) is 14.4 Å². The second-order valence-corrected chi connectivity index (χ2v) is 12.2. The molecule has 0 aromatic heterocycles. The van der Waals surface area contributed by atoms with Gasteiger partial charge < -0.3 is 14.3 Å². The molecule has 2 aliphatic carbocycles. The zero-order valence-electron chi connectivity index (χ0n) is 24.3. The first-order valence-corrected chi connectivity index (χ1v) is 14.9. The first-order chi connectivity index (χ1) is 17.5. The standard InChI is InChI=1S/C31H52O6/c1-7-36-30(34)19-29(31(35)37-8-2)18-27-12-10-25(14-21(27)4)16-24-9-11-26(20(3)13-24)17-28(23(6)33)15-22(5)32/h20-21,24-29H,7-19H2,1-6H3. The Bertz CT molecular complexity index is 761. The van der Waals surface area contributed by atoms with E-state index in [2.05, 4.69) is 13.8 Å². The van der Waals surface area contributed by atoms with Crippen molar-refractivity contribution in [1.29, 1.82) is 0 Å². The summed E-state index contributed by atoms with van der Waals surface area (Å²) in [5.41, 5.74) is 0. The van der Waals surface area contributed by atoms with E-state index < -0.39 is 5.92 Å². The molecule has 2 aliphatic rings. The number of hydrogen-bond acceptors (Lipinski definition) is 6. The monoisotopic (exact) mass is 520 g/mol. The van der Waals surface area contributed by atoms with Gasteiger partial charge in [0.1, 0.15) is 11.6 Å². The van der Waals surface area contributed by atoms with E-state index in [1.165, 1.54) is 32.1 Å². The number of hydrogen-bond donors (Lipinski definition) is 0. The molecule has 2 saturated carbocycles. The third-order valence-corrected chi connectivity index (χ3v) is 9.20. The molecule has 6 heteroatoms. The lowest BCUT2D eigenvalue weighted by atomic mass is 9.65. The quantitative estimate of drug-likeness (QED) is 0.241. The molecule has 37 heavy (non-hydrogen) atoms. The Balaban J connectivity index is 1.85. The van der Waals surface area contributed by atoms with Crippen LogP contribution in [0.5, 0.6) is 0 Å². The molecule has 2 rings (SSSR count). The zero-order chi connectivity index (χ0) is 27.5. The van der Waals surface area contributed by atoms with Gasteiger partial charge in [0.25, 0.3) is 0 Å². The maximum Gasteiger partial charge on any atom is 0.309 e. The number of carbonyl (C=O) groups is 4. The van der Waals surface area contributed by atoms with Crippen molar-refractivity contribution in [2.45, 2.75) is 112 Å². The lowest BCUT2D eigenvalue weighted by Crippen LogP contribution is -2.31. The van der Waals surface area contributed by atoms with Crippen molar-refractivity contribution in [2.75, 3.05) is 13.2 Å². The highest BCUT2D eigenvalue weighted by atomic mass is 16.5. The van der Waals surface area contributed by atoms with Gasteiger partial charge in [0.2, 0.25) is 0 Å². The highest BCUT2D eigenvalue weighted by molar-refractivity contribution is 5.85. The number of esters is 2. The van der Waals surface area contributed by atoms with E-state index in [0.29, 0.717) is 55.6 Å². The van der Waals surface area contributed by atoms with Gasteiger partial charge in [-0.25, -0.2) is 0 Å². The van der Waals surface area contributed by atoms with Gasteiger partial charge in [-0.1, -0.05) is 26.7 Å². The fourth-order valence-electron chi connectivity index (χ4n) is 7.16. The van der Waals surface area contributed by atoms with Crippen LogP contribution in [0.2, 0.25) is 0 Å². The van der Waals surface area contributed by atoms with Crippen molar-refractivity contribution in [3.8, 4) is 0 Å². The molecule has 0 spiro atoms. The fraction of sp³-hybridized carbons (Fsp3) is 0.871. The van der Waals surface area contributed by atoms with Gasteiger partial charge in [-0.2, -0.15) is 0 Å². The van der Waals surface area contributed by atoms with Crippen molar-refractivity contribution >= 4 is 23.5 Å². The van der Waals surface area contributed by atoms with Crippen LogP contribution in [0.15, 0.2) is 0 Å². The maximum absolute atomic E-state index is 12.5. The third-order valence-electron chi connectivity index (χ3n) is 9.20. The molecule has 0 heterocycles. The van der Waals surface area contributed by atoms with Crippen LogP contribution in [-0.4, -0.2) is 36.7 Å². The average Bonchev–Trinajstić information content (AvgIpc) is 2.81. The molecule has 0 N–H and O–H groups in total. The van der Waals surface area contributed by atoms with Crippen molar-refractivity contribution < 1.29 is 28.7 Å². The van der Waals surface area contributed by atoms with Crippen molar-refractivity contribution in [3.05, 3.63) is 0 Å². The van der Waals surface area contributed by atoms with Crippen LogP contribution < -0.4 is 0 Å². The summed E-state index contributed by atoms with van der Waals surface area (Å²) in [6, 6.07) is 0. The summed E-state index contributed by atoms with van der Waals surface area (Å²) in [5.74, 6) is 2.69. The Kier molecular flexibility index (Phi) is 13.3. The lowest BCUT2D eigenvalue weighted by molar-refractivity contribution is -0.155. The van der Waals surface area contributed by atoms with E-state index >= 15 is 0 Å². The second kappa shape index (κ2) is 15.6. The molecule has 0 amide bonds. The number of ether oxygens (including phenoxy) is 2. The smallest absolute Gasteiger partial charge is 0.309 e. The molecule has 0 aliphatic heterocycles. The molecule has 8 atom stereocenters. The second-order valence-electron chi connectivity index (χ2n) is 12.2. The number of Topliss-reactive ketones (excluding diaryl/α,β-unsaturated/α-hetero) is 2. The highest BCUT2D eigenvalue weighted by Gasteiger charge is 2.36. The molecule has 0 aromatic carbocycles. The van der Waals surface area contributed by atoms with Gasteiger partial charge in [0.05, 0.1) is 25.6 Å². The predicted octanol–water partition coefficient (Wildman–Crippen LogP) is 6.58. The normalized spacial score (nSPS) is 29.7. The SMILES string of the molecule is CCOC(=O)CC(CC1CCC(CC2CCC(CC(CC(C)=O)C(C)=O)C(C)C2)CC1C)C(=O)OCC. The van der Waals surface area contributed by atoms with Crippen molar-refractivity contribution in [2.24, 2.45) is 47.3 Å². The van der Waals surface area contributed by atoms with Crippen LogP contribution >= 0.6 is 0 Å². The maximum atomic E-state index is 12.5. The Morgan fingerprint density at radius 3 is 1.68 bits per heavy atom. The molecular weight excluding hydrogens is 468 g/mol. The van der Waals surface area contributed by atoms with Gasteiger partial charge in [0, 0.05) is 12.3 Å². The predicted molar refractivity (Wildman–Crippen MR) is 145 cm³/mol. The molecule has 212 valence electrons. The summed E-state index contributed by atoms with van der Waals surface area (Å²) in [5, 5.41) is 0. The zero-order valence-corrected chi connectivity index (χ0v) is 24.3. The first kappa shape index (κ1) is 31.5. The highest BCUT2D eigenvalue weighted by Crippen LogP contribution is 2.45. The number of ketones is 2. The van der Waals surface area contributed by atoms with Gasteiger partial charge in [-0.05, 0) is 108 Å². The molecule has 8 unspecified atom stereocenters. The summed E-state index contributed by atoms with van der Waals surface area (Å²) in [6.07, 6.45) is 10.4.